The lowest BCUT2D eigenvalue weighted by Gasteiger charge is -2.12. The van der Waals surface area contributed by atoms with E-state index in [0.29, 0.717) is 11.6 Å². The Hall–Kier alpha value is -1.39. The van der Waals surface area contributed by atoms with E-state index in [-0.39, 0.29) is 0 Å². The van der Waals surface area contributed by atoms with Gasteiger partial charge in [-0.3, -0.25) is 0 Å². The van der Waals surface area contributed by atoms with Crippen LogP contribution in [0, 0.1) is 6.92 Å². The lowest BCUT2D eigenvalue weighted by atomic mass is 10.1. The Morgan fingerprint density at radius 1 is 1.22 bits per heavy atom. The van der Waals surface area contributed by atoms with Gasteiger partial charge in [-0.05, 0) is 42.3 Å². The minimum absolute atomic E-state index is 0.431. The fourth-order valence-corrected chi connectivity index (χ4v) is 2.48. The number of aliphatic hydroxyl groups is 1. The second-order valence-corrected chi connectivity index (χ2v) is 5.12. The van der Waals surface area contributed by atoms with E-state index in [2.05, 4.69) is 9.97 Å². The summed E-state index contributed by atoms with van der Waals surface area (Å²) in [6, 6.07) is 7.84. The number of hydrogen-bond donors (Lipinski definition) is 1. The van der Waals surface area contributed by atoms with Crippen LogP contribution in [0.25, 0.3) is 0 Å². The van der Waals surface area contributed by atoms with Gasteiger partial charge in [0.05, 0.1) is 6.10 Å². The summed E-state index contributed by atoms with van der Waals surface area (Å²) in [4.78, 5) is 9.55. The number of nitrogens with zero attached hydrogens (tertiary/aromatic N) is 2. The van der Waals surface area contributed by atoms with Crippen molar-refractivity contribution in [3.05, 3.63) is 47.8 Å². The maximum atomic E-state index is 9.98. The van der Waals surface area contributed by atoms with E-state index < -0.39 is 6.10 Å². The molecule has 0 saturated heterocycles. The van der Waals surface area contributed by atoms with Crippen molar-refractivity contribution in [3.63, 3.8) is 0 Å². The van der Waals surface area contributed by atoms with Gasteiger partial charge in [0.15, 0.2) is 5.16 Å². The molecule has 0 aliphatic heterocycles. The molecule has 0 aliphatic carbocycles. The molecule has 1 aromatic carbocycles. The molecular formula is C14H16N2OS. The number of aliphatic hydroxyl groups excluding tert-OH is 1. The van der Waals surface area contributed by atoms with E-state index in [1.807, 2.05) is 38.1 Å². The van der Waals surface area contributed by atoms with Gasteiger partial charge < -0.3 is 5.11 Å². The molecule has 0 radical (unpaired) electrons. The van der Waals surface area contributed by atoms with Crippen molar-refractivity contribution in [2.24, 2.45) is 0 Å². The lowest BCUT2D eigenvalue weighted by Crippen LogP contribution is -1.97. The predicted molar refractivity (Wildman–Crippen MR) is 72.6 cm³/mol. The smallest absolute Gasteiger partial charge is 0.192 e. The molecule has 0 fully saturated rings. The molecule has 1 N–H and O–H groups in total. The van der Waals surface area contributed by atoms with Crippen molar-refractivity contribution in [2.75, 3.05) is 0 Å². The minimum Gasteiger partial charge on any atom is -0.388 e. The van der Waals surface area contributed by atoms with Crippen LogP contribution < -0.4 is 0 Å². The molecule has 1 atom stereocenters. The van der Waals surface area contributed by atoms with Gasteiger partial charge in [0.1, 0.15) is 0 Å². The first-order valence-corrected chi connectivity index (χ1v) is 6.76. The highest BCUT2D eigenvalue weighted by Crippen LogP contribution is 2.32. The van der Waals surface area contributed by atoms with Crippen LogP contribution in [0.3, 0.4) is 0 Å². The van der Waals surface area contributed by atoms with Crippen LogP contribution >= 0.6 is 11.8 Å². The first kappa shape index (κ1) is 13.1. The van der Waals surface area contributed by atoms with Gasteiger partial charge in [-0.15, -0.1) is 0 Å². The van der Waals surface area contributed by atoms with Gasteiger partial charge in [0.25, 0.3) is 0 Å². The van der Waals surface area contributed by atoms with E-state index >= 15 is 0 Å². The third-order valence-electron chi connectivity index (χ3n) is 2.62. The van der Waals surface area contributed by atoms with Crippen LogP contribution in [-0.4, -0.2) is 15.1 Å². The van der Waals surface area contributed by atoms with Crippen molar-refractivity contribution < 1.29 is 5.11 Å². The monoisotopic (exact) mass is 260 g/mol. The topological polar surface area (TPSA) is 46.0 Å². The third-order valence-corrected chi connectivity index (χ3v) is 3.61. The summed E-state index contributed by atoms with van der Waals surface area (Å²) in [6.45, 7) is 3.93. The average Bonchev–Trinajstić information content (AvgIpc) is 2.41. The Balaban J connectivity index is 2.26. The van der Waals surface area contributed by atoms with E-state index in [9.17, 15) is 5.11 Å². The maximum absolute atomic E-state index is 9.98. The molecule has 1 heterocycles. The Kier molecular flexibility index (Phi) is 4.33. The summed E-state index contributed by atoms with van der Waals surface area (Å²) >= 11 is 1.48. The van der Waals surface area contributed by atoms with Crippen LogP contribution in [0.2, 0.25) is 0 Å². The molecule has 2 rings (SSSR count). The Morgan fingerprint density at radius 3 is 2.56 bits per heavy atom. The molecule has 1 aromatic heterocycles. The second-order valence-electron chi connectivity index (χ2n) is 4.11. The molecule has 18 heavy (non-hydrogen) atoms. The summed E-state index contributed by atoms with van der Waals surface area (Å²) in [5.74, 6) is 0. The Labute approximate surface area is 111 Å². The predicted octanol–water partition coefficient (Wildman–Crippen LogP) is 3.38. The SMILES string of the molecule is CCC(O)c1ccccc1Sc1ncc(C)cn1. The Bertz CT molecular complexity index is 513. The lowest BCUT2D eigenvalue weighted by molar-refractivity contribution is 0.171. The minimum atomic E-state index is -0.431. The quantitative estimate of drug-likeness (QED) is 0.856. The summed E-state index contributed by atoms with van der Waals surface area (Å²) in [5.41, 5.74) is 1.98. The van der Waals surface area contributed by atoms with Crippen molar-refractivity contribution in [1.29, 1.82) is 0 Å². The molecule has 0 amide bonds. The standard InChI is InChI=1S/C14H16N2OS/c1-3-12(17)11-6-4-5-7-13(11)18-14-15-8-10(2)9-16-14/h4-9,12,17H,3H2,1-2H3. The van der Waals surface area contributed by atoms with E-state index in [1.165, 1.54) is 11.8 Å². The van der Waals surface area contributed by atoms with Crippen LogP contribution in [-0.2, 0) is 0 Å². The number of aryl methyl sites for hydroxylation is 1. The molecule has 94 valence electrons. The van der Waals surface area contributed by atoms with Gasteiger partial charge in [-0.25, -0.2) is 9.97 Å². The molecule has 0 aliphatic rings. The molecule has 0 bridgehead atoms. The molecule has 3 nitrogen and oxygen atoms in total. The van der Waals surface area contributed by atoms with Crippen LogP contribution in [0.15, 0.2) is 46.7 Å². The average molecular weight is 260 g/mol. The first-order valence-electron chi connectivity index (χ1n) is 5.94. The highest BCUT2D eigenvalue weighted by Gasteiger charge is 2.11. The van der Waals surface area contributed by atoms with Gasteiger partial charge in [0.2, 0.25) is 0 Å². The highest BCUT2D eigenvalue weighted by molar-refractivity contribution is 7.99. The van der Waals surface area contributed by atoms with Gasteiger partial charge in [0, 0.05) is 17.3 Å². The molecule has 0 saturated carbocycles. The number of hydrogen-bond acceptors (Lipinski definition) is 4. The van der Waals surface area contributed by atoms with Crippen molar-refractivity contribution in [2.45, 2.75) is 36.4 Å². The molecule has 0 spiro atoms. The zero-order valence-electron chi connectivity index (χ0n) is 10.5. The van der Waals surface area contributed by atoms with Crippen LogP contribution in [0.4, 0.5) is 0 Å². The number of benzene rings is 1. The van der Waals surface area contributed by atoms with Gasteiger partial charge >= 0.3 is 0 Å². The van der Waals surface area contributed by atoms with Crippen LogP contribution in [0.5, 0.6) is 0 Å². The van der Waals surface area contributed by atoms with Gasteiger partial charge in [-0.2, -0.15) is 0 Å². The van der Waals surface area contributed by atoms with Gasteiger partial charge in [-0.1, -0.05) is 25.1 Å². The zero-order valence-corrected chi connectivity index (χ0v) is 11.3. The summed E-state index contributed by atoms with van der Waals surface area (Å²) in [7, 11) is 0. The third kappa shape index (κ3) is 3.09. The van der Waals surface area contributed by atoms with E-state index in [0.717, 1.165) is 16.0 Å². The van der Waals surface area contributed by atoms with E-state index in [1.54, 1.807) is 12.4 Å². The second kappa shape index (κ2) is 5.98. The van der Waals surface area contributed by atoms with Crippen molar-refractivity contribution in [1.82, 2.24) is 9.97 Å². The molecular weight excluding hydrogens is 244 g/mol. The van der Waals surface area contributed by atoms with Crippen molar-refractivity contribution >= 4 is 11.8 Å². The first-order chi connectivity index (χ1) is 8.70. The van der Waals surface area contributed by atoms with Crippen LogP contribution in [0.1, 0.15) is 30.6 Å². The number of rotatable bonds is 4. The Morgan fingerprint density at radius 2 is 1.89 bits per heavy atom. The molecule has 1 unspecified atom stereocenters. The van der Waals surface area contributed by atoms with Crippen molar-refractivity contribution in [3.8, 4) is 0 Å². The molecule has 2 aromatic rings. The largest absolute Gasteiger partial charge is 0.388 e. The normalized spacial score (nSPS) is 12.4. The summed E-state index contributed by atoms with van der Waals surface area (Å²) in [6.07, 6.45) is 3.87. The maximum Gasteiger partial charge on any atom is 0.192 e. The zero-order chi connectivity index (χ0) is 13.0. The fourth-order valence-electron chi connectivity index (χ4n) is 1.60. The highest BCUT2D eigenvalue weighted by atomic mass is 32.2. The molecule has 4 heteroatoms. The summed E-state index contributed by atoms with van der Waals surface area (Å²) in [5, 5.41) is 10.7. The fraction of sp³-hybridized carbons (Fsp3) is 0.286. The van der Waals surface area contributed by atoms with E-state index in [4.69, 9.17) is 0 Å². The number of aromatic nitrogens is 2. The summed E-state index contributed by atoms with van der Waals surface area (Å²) < 4.78 is 0.